The van der Waals surface area contributed by atoms with Gasteiger partial charge in [0.25, 0.3) is 0 Å². The molecule has 4 heteroatoms. The number of nitriles is 1. The Kier molecular flexibility index (Phi) is 7.38. The lowest BCUT2D eigenvalue weighted by Crippen LogP contribution is -2.25. The highest BCUT2D eigenvalue weighted by Gasteiger charge is 2.09. The van der Waals surface area contributed by atoms with E-state index in [0.29, 0.717) is 18.5 Å². The van der Waals surface area contributed by atoms with Crippen molar-refractivity contribution in [2.45, 2.75) is 38.6 Å². The molecule has 0 radical (unpaired) electrons. The fourth-order valence-electron chi connectivity index (χ4n) is 2.07. The predicted molar refractivity (Wildman–Crippen MR) is 79.8 cm³/mol. The molecule has 0 atom stereocenters. The van der Waals surface area contributed by atoms with Gasteiger partial charge in [-0.15, -0.1) is 0 Å². The Morgan fingerprint density at radius 3 is 2.75 bits per heavy atom. The van der Waals surface area contributed by atoms with Gasteiger partial charge in [0.05, 0.1) is 11.6 Å². The van der Waals surface area contributed by atoms with Crippen molar-refractivity contribution in [2.75, 3.05) is 13.6 Å². The summed E-state index contributed by atoms with van der Waals surface area (Å²) < 4.78 is 0. The SMILES string of the molecule is CN(Cc1cccc(C#N)c1)C(=O)CCCCCCN. The summed E-state index contributed by atoms with van der Waals surface area (Å²) in [6, 6.07) is 9.48. The summed E-state index contributed by atoms with van der Waals surface area (Å²) in [5, 5.41) is 8.85. The average Bonchev–Trinajstić information content (AvgIpc) is 2.47. The van der Waals surface area contributed by atoms with Crippen LogP contribution in [0.15, 0.2) is 24.3 Å². The third kappa shape index (κ3) is 5.85. The van der Waals surface area contributed by atoms with Crippen LogP contribution in [0.1, 0.15) is 43.2 Å². The van der Waals surface area contributed by atoms with Gasteiger partial charge in [0.15, 0.2) is 0 Å². The number of hydrogen-bond acceptors (Lipinski definition) is 3. The maximum Gasteiger partial charge on any atom is 0.222 e. The van der Waals surface area contributed by atoms with Crippen molar-refractivity contribution in [3.63, 3.8) is 0 Å². The van der Waals surface area contributed by atoms with Crippen molar-refractivity contribution in [1.82, 2.24) is 4.90 Å². The molecular weight excluding hydrogens is 250 g/mol. The maximum absolute atomic E-state index is 12.0. The first kappa shape index (κ1) is 16.2. The van der Waals surface area contributed by atoms with Gasteiger partial charge in [-0.1, -0.05) is 25.0 Å². The van der Waals surface area contributed by atoms with Crippen molar-refractivity contribution in [2.24, 2.45) is 5.73 Å². The molecule has 0 aromatic heterocycles. The molecule has 0 heterocycles. The molecule has 0 spiro atoms. The fourth-order valence-corrected chi connectivity index (χ4v) is 2.07. The number of carbonyl (C=O) groups excluding carboxylic acids is 1. The van der Waals surface area contributed by atoms with E-state index in [9.17, 15) is 4.79 Å². The van der Waals surface area contributed by atoms with E-state index in [-0.39, 0.29) is 5.91 Å². The number of nitrogens with zero attached hydrogens (tertiary/aromatic N) is 2. The van der Waals surface area contributed by atoms with E-state index >= 15 is 0 Å². The molecule has 108 valence electrons. The lowest BCUT2D eigenvalue weighted by atomic mass is 10.1. The van der Waals surface area contributed by atoms with Crippen LogP contribution in [0.3, 0.4) is 0 Å². The van der Waals surface area contributed by atoms with Crippen LogP contribution < -0.4 is 5.73 Å². The van der Waals surface area contributed by atoms with Crippen molar-refractivity contribution in [3.8, 4) is 6.07 Å². The van der Waals surface area contributed by atoms with Crippen LogP contribution in [-0.4, -0.2) is 24.4 Å². The number of amides is 1. The number of benzene rings is 1. The topological polar surface area (TPSA) is 70.1 Å². The van der Waals surface area contributed by atoms with E-state index in [1.807, 2.05) is 18.2 Å². The molecule has 0 fully saturated rings. The van der Waals surface area contributed by atoms with Crippen molar-refractivity contribution < 1.29 is 4.79 Å². The van der Waals surface area contributed by atoms with E-state index < -0.39 is 0 Å². The zero-order chi connectivity index (χ0) is 14.8. The van der Waals surface area contributed by atoms with E-state index in [4.69, 9.17) is 11.0 Å². The molecule has 1 aromatic rings. The standard InChI is InChI=1S/C16H23N3O/c1-19(16(20)9-4-2-3-5-10-17)13-15-8-6-7-14(11-15)12-18/h6-8,11H,2-5,9-10,13,17H2,1H3. The molecule has 1 aromatic carbocycles. The van der Waals surface area contributed by atoms with Crippen LogP contribution in [-0.2, 0) is 11.3 Å². The van der Waals surface area contributed by atoms with Gasteiger partial charge in [-0.2, -0.15) is 5.26 Å². The van der Waals surface area contributed by atoms with Crippen LogP contribution >= 0.6 is 0 Å². The molecule has 20 heavy (non-hydrogen) atoms. The van der Waals surface area contributed by atoms with Gasteiger partial charge in [0, 0.05) is 20.0 Å². The van der Waals surface area contributed by atoms with Crippen molar-refractivity contribution in [3.05, 3.63) is 35.4 Å². The first-order valence-corrected chi connectivity index (χ1v) is 7.10. The van der Waals surface area contributed by atoms with E-state index in [1.54, 1.807) is 18.0 Å². The summed E-state index contributed by atoms with van der Waals surface area (Å²) in [7, 11) is 1.81. The third-order valence-corrected chi connectivity index (χ3v) is 3.25. The van der Waals surface area contributed by atoms with Gasteiger partial charge in [-0.05, 0) is 37.1 Å². The van der Waals surface area contributed by atoms with Gasteiger partial charge < -0.3 is 10.6 Å². The van der Waals surface area contributed by atoms with Gasteiger partial charge in [-0.3, -0.25) is 4.79 Å². The van der Waals surface area contributed by atoms with Gasteiger partial charge in [0.2, 0.25) is 5.91 Å². The van der Waals surface area contributed by atoms with Gasteiger partial charge in [-0.25, -0.2) is 0 Å². The third-order valence-electron chi connectivity index (χ3n) is 3.25. The van der Waals surface area contributed by atoms with E-state index in [1.165, 1.54) is 0 Å². The number of rotatable bonds is 8. The predicted octanol–water partition coefficient (Wildman–Crippen LogP) is 2.43. The first-order chi connectivity index (χ1) is 9.67. The Bertz CT molecular complexity index is 465. The Morgan fingerprint density at radius 1 is 1.30 bits per heavy atom. The number of nitrogens with two attached hydrogens (primary N) is 1. The lowest BCUT2D eigenvalue weighted by Gasteiger charge is -2.17. The second kappa shape index (κ2) is 9.11. The minimum absolute atomic E-state index is 0.153. The molecular formula is C16H23N3O. The molecule has 0 aliphatic heterocycles. The summed E-state index contributed by atoms with van der Waals surface area (Å²) in [5.74, 6) is 0.153. The molecule has 0 aliphatic rings. The Morgan fingerprint density at radius 2 is 2.05 bits per heavy atom. The van der Waals surface area contributed by atoms with Crippen LogP contribution in [0.2, 0.25) is 0 Å². The normalized spacial score (nSPS) is 10.1. The summed E-state index contributed by atoms with van der Waals surface area (Å²) in [5.41, 5.74) is 7.05. The van der Waals surface area contributed by atoms with Crippen LogP contribution in [0.25, 0.3) is 0 Å². The molecule has 0 saturated heterocycles. The summed E-state index contributed by atoms with van der Waals surface area (Å²) in [6.45, 7) is 1.28. The molecule has 1 amide bonds. The minimum Gasteiger partial charge on any atom is -0.341 e. The summed E-state index contributed by atoms with van der Waals surface area (Å²) in [4.78, 5) is 13.7. The Balaban J connectivity index is 2.35. The first-order valence-electron chi connectivity index (χ1n) is 7.10. The highest BCUT2D eigenvalue weighted by atomic mass is 16.2. The molecule has 0 unspecified atom stereocenters. The molecule has 2 N–H and O–H groups in total. The molecule has 1 rings (SSSR count). The van der Waals surface area contributed by atoms with Gasteiger partial charge in [0.1, 0.15) is 0 Å². The summed E-state index contributed by atoms with van der Waals surface area (Å²) >= 11 is 0. The second-order valence-electron chi connectivity index (χ2n) is 5.01. The van der Waals surface area contributed by atoms with Crippen LogP contribution in [0.4, 0.5) is 0 Å². The highest BCUT2D eigenvalue weighted by Crippen LogP contribution is 2.09. The second-order valence-corrected chi connectivity index (χ2v) is 5.01. The van der Waals surface area contributed by atoms with Crippen molar-refractivity contribution >= 4 is 5.91 Å². The molecule has 0 saturated carbocycles. The average molecular weight is 273 g/mol. The number of carbonyl (C=O) groups is 1. The molecule has 0 aliphatic carbocycles. The lowest BCUT2D eigenvalue weighted by molar-refractivity contribution is -0.130. The zero-order valence-corrected chi connectivity index (χ0v) is 12.1. The Hall–Kier alpha value is -1.86. The monoisotopic (exact) mass is 273 g/mol. The zero-order valence-electron chi connectivity index (χ0n) is 12.1. The van der Waals surface area contributed by atoms with E-state index in [2.05, 4.69) is 6.07 Å². The Labute approximate surface area is 121 Å². The number of unbranched alkanes of at least 4 members (excludes halogenated alkanes) is 3. The minimum atomic E-state index is 0.153. The molecule has 4 nitrogen and oxygen atoms in total. The van der Waals surface area contributed by atoms with Crippen LogP contribution in [0.5, 0.6) is 0 Å². The maximum atomic E-state index is 12.0. The fraction of sp³-hybridized carbons (Fsp3) is 0.500. The molecule has 0 bridgehead atoms. The largest absolute Gasteiger partial charge is 0.341 e. The quantitative estimate of drug-likeness (QED) is 0.739. The van der Waals surface area contributed by atoms with Gasteiger partial charge >= 0.3 is 0 Å². The van der Waals surface area contributed by atoms with Crippen molar-refractivity contribution in [1.29, 1.82) is 5.26 Å². The number of hydrogen-bond donors (Lipinski definition) is 1. The highest BCUT2D eigenvalue weighted by molar-refractivity contribution is 5.75. The van der Waals surface area contributed by atoms with Crippen LogP contribution in [0, 0.1) is 11.3 Å². The smallest absolute Gasteiger partial charge is 0.222 e. The summed E-state index contributed by atoms with van der Waals surface area (Å²) in [6.07, 6.45) is 4.68. The van der Waals surface area contributed by atoms with E-state index in [0.717, 1.165) is 37.8 Å².